The summed E-state index contributed by atoms with van der Waals surface area (Å²) in [6.07, 6.45) is 0.180. The van der Waals surface area contributed by atoms with Crippen molar-refractivity contribution in [2.75, 3.05) is 13.7 Å². The van der Waals surface area contributed by atoms with E-state index in [1.807, 2.05) is 26.1 Å². The molecule has 0 saturated carbocycles. The standard InChI is InChI=1S/C13H17NO3/c1-9-3-4-11(10(7-9)8-14-2)17-12-5-6-16-13(12)15/h3-4,7,12,14H,5-6,8H2,1-2H3. The molecule has 92 valence electrons. The van der Waals surface area contributed by atoms with Crippen LogP contribution in [0.15, 0.2) is 18.2 Å². The van der Waals surface area contributed by atoms with Crippen LogP contribution in [-0.4, -0.2) is 25.7 Å². The molecule has 1 aromatic rings. The quantitative estimate of drug-likeness (QED) is 0.802. The number of cyclic esters (lactones) is 1. The van der Waals surface area contributed by atoms with E-state index >= 15 is 0 Å². The van der Waals surface area contributed by atoms with Gasteiger partial charge in [0.2, 0.25) is 0 Å². The Bertz CT molecular complexity index is 417. The van der Waals surface area contributed by atoms with Gasteiger partial charge >= 0.3 is 5.97 Å². The summed E-state index contributed by atoms with van der Waals surface area (Å²) in [5.41, 5.74) is 2.24. The van der Waals surface area contributed by atoms with Gasteiger partial charge in [0.05, 0.1) is 6.61 Å². The number of benzene rings is 1. The molecule has 4 heteroatoms. The van der Waals surface area contributed by atoms with Crippen molar-refractivity contribution in [2.24, 2.45) is 0 Å². The van der Waals surface area contributed by atoms with Crippen molar-refractivity contribution in [1.29, 1.82) is 0 Å². The first-order chi connectivity index (χ1) is 8.20. The van der Waals surface area contributed by atoms with E-state index in [-0.39, 0.29) is 5.97 Å². The summed E-state index contributed by atoms with van der Waals surface area (Å²) >= 11 is 0. The van der Waals surface area contributed by atoms with Crippen LogP contribution in [0.1, 0.15) is 17.5 Å². The molecule has 1 aliphatic rings. The van der Waals surface area contributed by atoms with Gasteiger partial charge in [-0.25, -0.2) is 4.79 Å². The summed E-state index contributed by atoms with van der Waals surface area (Å²) in [5.74, 6) is 0.495. The highest BCUT2D eigenvalue weighted by molar-refractivity contribution is 5.76. The summed E-state index contributed by atoms with van der Waals surface area (Å²) < 4.78 is 10.6. The van der Waals surface area contributed by atoms with Crippen LogP contribution < -0.4 is 10.1 Å². The lowest BCUT2D eigenvalue weighted by Crippen LogP contribution is -2.22. The zero-order valence-electron chi connectivity index (χ0n) is 10.2. The fourth-order valence-electron chi connectivity index (χ4n) is 1.89. The number of ether oxygens (including phenoxy) is 2. The molecule has 0 bridgehead atoms. The van der Waals surface area contributed by atoms with E-state index in [1.54, 1.807) is 0 Å². The van der Waals surface area contributed by atoms with Gasteiger partial charge in [0.15, 0.2) is 6.10 Å². The van der Waals surface area contributed by atoms with Crippen LogP contribution >= 0.6 is 0 Å². The topological polar surface area (TPSA) is 47.6 Å². The van der Waals surface area contributed by atoms with Gasteiger partial charge in [0.1, 0.15) is 5.75 Å². The van der Waals surface area contributed by atoms with Gasteiger partial charge in [0, 0.05) is 18.5 Å². The molecule has 1 aromatic carbocycles. The molecule has 0 spiro atoms. The largest absolute Gasteiger partial charge is 0.478 e. The van der Waals surface area contributed by atoms with E-state index in [0.717, 1.165) is 17.9 Å². The zero-order chi connectivity index (χ0) is 12.3. The second-order valence-corrected chi connectivity index (χ2v) is 4.20. The summed E-state index contributed by atoms with van der Waals surface area (Å²) in [4.78, 5) is 11.4. The molecule has 2 rings (SSSR count). The summed E-state index contributed by atoms with van der Waals surface area (Å²) in [5, 5.41) is 3.09. The second kappa shape index (κ2) is 5.19. The van der Waals surface area contributed by atoms with Crippen LogP contribution in [0.4, 0.5) is 0 Å². The number of hydrogen-bond donors (Lipinski definition) is 1. The Kier molecular flexibility index (Phi) is 3.64. The molecule has 0 radical (unpaired) electrons. The van der Waals surface area contributed by atoms with Crippen molar-refractivity contribution < 1.29 is 14.3 Å². The van der Waals surface area contributed by atoms with E-state index in [0.29, 0.717) is 13.0 Å². The predicted octanol–water partition coefficient (Wildman–Crippen LogP) is 1.41. The number of hydrogen-bond acceptors (Lipinski definition) is 4. The van der Waals surface area contributed by atoms with Crippen LogP contribution in [-0.2, 0) is 16.1 Å². The minimum Gasteiger partial charge on any atom is -0.478 e. The van der Waals surface area contributed by atoms with Crippen molar-refractivity contribution in [1.82, 2.24) is 5.32 Å². The number of carbonyl (C=O) groups excluding carboxylic acids is 1. The lowest BCUT2D eigenvalue weighted by Gasteiger charge is -2.14. The molecule has 1 N–H and O–H groups in total. The molecular weight excluding hydrogens is 218 g/mol. The number of nitrogens with one attached hydrogen (secondary N) is 1. The smallest absolute Gasteiger partial charge is 0.347 e. The maximum absolute atomic E-state index is 11.4. The summed E-state index contributed by atoms with van der Waals surface area (Å²) in [7, 11) is 1.88. The van der Waals surface area contributed by atoms with Crippen molar-refractivity contribution in [3.8, 4) is 5.75 Å². The number of carbonyl (C=O) groups is 1. The normalized spacial score (nSPS) is 19.2. The van der Waals surface area contributed by atoms with Gasteiger partial charge in [-0.3, -0.25) is 0 Å². The van der Waals surface area contributed by atoms with Crippen LogP contribution in [0, 0.1) is 6.92 Å². The molecule has 4 nitrogen and oxygen atoms in total. The molecular formula is C13H17NO3. The van der Waals surface area contributed by atoms with Gasteiger partial charge in [0.25, 0.3) is 0 Å². The number of esters is 1. The summed E-state index contributed by atoms with van der Waals surface area (Å²) in [6, 6.07) is 5.95. The number of rotatable bonds is 4. The highest BCUT2D eigenvalue weighted by Gasteiger charge is 2.28. The van der Waals surface area contributed by atoms with Gasteiger partial charge in [-0.1, -0.05) is 17.7 Å². The third-order valence-corrected chi connectivity index (χ3v) is 2.74. The minimum absolute atomic E-state index is 0.263. The maximum Gasteiger partial charge on any atom is 0.347 e. The third-order valence-electron chi connectivity index (χ3n) is 2.74. The van der Waals surface area contributed by atoms with Gasteiger partial charge in [-0.15, -0.1) is 0 Å². The molecule has 1 fully saturated rings. The fourth-order valence-corrected chi connectivity index (χ4v) is 1.89. The molecule has 1 heterocycles. The molecule has 0 amide bonds. The first-order valence-electron chi connectivity index (χ1n) is 5.78. The molecule has 1 aliphatic heterocycles. The molecule has 1 atom stereocenters. The second-order valence-electron chi connectivity index (χ2n) is 4.20. The Morgan fingerprint density at radius 1 is 1.53 bits per heavy atom. The maximum atomic E-state index is 11.4. The molecule has 0 aromatic heterocycles. The molecule has 17 heavy (non-hydrogen) atoms. The Hall–Kier alpha value is -1.55. The Labute approximate surface area is 101 Å². The third kappa shape index (κ3) is 2.77. The van der Waals surface area contributed by atoms with E-state index in [9.17, 15) is 4.79 Å². The van der Waals surface area contributed by atoms with E-state index < -0.39 is 6.10 Å². The first kappa shape index (κ1) is 11.9. The molecule has 1 saturated heterocycles. The van der Waals surface area contributed by atoms with Gasteiger partial charge < -0.3 is 14.8 Å². The Morgan fingerprint density at radius 2 is 2.35 bits per heavy atom. The first-order valence-corrected chi connectivity index (χ1v) is 5.78. The van der Waals surface area contributed by atoms with Crippen LogP contribution in [0.2, 0.25) is 0 Å². The molecule has 0 aliphatic carbocycles. The van der Waals surface area contributed by atoms with E-state index in [2.05, 4.69) is 11.4 Å². The lowest BCUT2D eigenvalue weighted by molar-refractivity contribution is -0.143. The van der Waals surface area contributed by atoms with Crippen LogP contribution in [0.3, 0.4) is 0 Å². The fraction of sp³-hybridized carbons (Fsp3) is 0.462. The van der Waals surface area contributed by atoms with Crippen molar-refractivity contribution in [2.45, 2.75) is 26.0 Å². The number of aryl methyl sites for hydroxylation is 1. The minimum atomic E-state index is -0.451. The lowest BCUT2D eigenvalue weighted by atomic mass is 10.1. The Balaban J connectivity index is 2.16. The zero-order valence-corrected chi connectivity index (χ0v) is 10.2. The van der Waals surface area contributed by atoms with Crippen molar-refractivity contribution in [3.05, 3.63) is 29.3 Å². The van der Waals surface area contributed by atoms with Crippen LogP contribution in [0.5, 0.6) is 5.75 Å². The Morgan fingerprint density at radius 3 is 3.00 bits per heavy atom. The van der Waals surface area contributed by atoms with Crippen molar-refractivity contribution >= 4 is 5.97 Å². The predicted molar refractivity (Wildman–Crippen MR) is 63.9 cm³/mol. The van der Waals surface area contributed by atoms with E-state index in [1.165, 1.54) is 5.56 Å². The van der Waals surface area contributed by atoms with Gasteiger partial charge in [-0.05, 0) is 20.0 Å². The van der Waals surface area contributed by atoms with Gasteiger partial charge in [-0.2, -0.15) is 0 Å². The highest BCUT2D eigenvalue weighted by atomic mass is 16.6. The average molecular weight is 235 g/mol. The highest BCUT2D eigenvalue weighted by Crippen LogP contribution is 2.23. The summed E-state index contributed by atoms with van der Waals surface area (Å²) in [6.45, 7) is 3.21. The van der Waals surface area contributed by atoms with Crippen LogP contribution in [0.25, 0.3) is 0 Å². The average Bonchev–Trinajstić information content (AvgIpc) is 2.69. The van der Waals surface area contributed by atoms with E-state index in [4.69, 9.17) is 9.47 Å². The molecule has 1 unspecified atom stereocenters. The van der Waals surface area contributed by atoms with Crippen molar-refractivity contribution in [3.63, 3.8) is 0 Å². The monoisotopic (exact) mass is 235 g/mol. The SMILES string of the molecule is CNCc1cc(C)ccc1OC1CCOC1=O.